The highest BCUT2D eigenvalue weighted by molar-refractivity contribution is 6.01. The van der Waals surface area contributed by atoms with E-state index < -0.39 is 0 Å². The quantitative estimate of drug-likeness (QED) is 0.849. The van der Waals surface area contributed by atoms with Crippen LogP contribution in [0.4, 0.5) is 5.69 Å². The fourth-order valence-electron chi connectivity index (χ4n) is 2.86. The van der Waals surface area contributed by atoms with Crippen molar-refractivity contribution < 1.29 is 4.79 Å². The Kier molecular flexibility index (Phi) is 3.18. The summed E-state index contributed by atoms with van der Waals surface area (Å²) in [6.07, 6.45) is 0. The van der Waals surface area contributed by atoms with E-state index in [4.69, 9.17) is 5.73 Å². The second-order valence-corrected chi connectivity index (χ2v) is 5.38. The maximum absolute atomic E-state index is 12.6. The second-order valence-electron chi connectivity index (χ2n) is 5.38. The zero-order valence-electron chi connectivity index (χ0n) is 11.5. The molecule has 0 aliphatic carbocycles. The monoisotopic (exact) mass is 266 g/mol. The zero-order chi connectivity index (χ0) is 14.1. The first kappa shape index (κ1) is 12.7. The van der Waals surface area contributed by atoms with E-state index in [1.54, 1.807) is 6.07 Å². The number of carbonyl (C=O) groups is 1. The predicted molar refractivity (Wildman–Crippen MR) is 80.5 cm³/mol. The molecule has 1 heterocycles. The Balaban J connectivity index is 1.93. The van der Waals surface area contributed by atoms with E-state index in [0.29, 0.717) is 23.7 Å². The zero-order valence-corrected chi connectivity index (χ0v) is 11.5. The highest BCUT2D eigenvalue weighted by atomic mass is 16.2. The fourth-order valence-corrected chi connectivity index (χ4v) is 2.86. The van der Waals surface area contributed by atoms with Crippen LogP contribution in [0.25, 0.3) is 0 Å². The van der Waals surface area contributed by atoms with Crippen molar-refractivity contribution in [3.63, 3.8) is 0 Å². The van der Waals surface area contributed by atoms with Crippen molar-refractivity contribution in [2.75, 3.05) is 12.3 Å². The van der Waals surface area contributed by atoms with Gasteiger partial charge in [-0.1, -0.05) is 49.4 Å². The summed E-state index contributed by atoms with van der Waals surface area (Å²) >= 11 is 0. The molecule has 102 valence electrons. The molecule has 0 radical (unpaired) electrons. The number of fused-ring (bicyclic) bond motifs is 1. The van der Waals surface area contributed by atoms with Gasteiger partial charge < -0.3 is 10.6 Å². The van der Waals surface area contributed by atoms with Gasteiger partial charge in [0.05, 0.1) is 5.56 Å². The van der Waals surface area contributed by atoms with Crippen LogP contribution in [0, 0.1) is 0 Å². The minimum absolute atomic E-state index is 0.0417. The van der Waals surface area contributed by atoms with Crippen LogP contribution in [0.15, 0.2) is 48.5 Å². The highest BCUT2D eigenvalue weighted by Gasteiger charge is 2.30. The molecule has 0 fully saturated rings. The fraction of sp³-hybridized carbons (Fsp3) is 0.235. The summed E-state index contributed by atoms with van der Waals surface area (Å²) in [6.45, 7) is 3.52. The molecule has 0 saturated heterocycles. The number of nitrogen functional groups attached to an aromatic ring is 1. The standard InChI is InChI=1S/C17H18N2O/c1-12-10-19(11-13-6-3-2-4-7-13)17(20)16-14(12)8-5-9-15(16)18/h2-9,12H,10-11,18H2,1H3. The Morgan fingerprint density at radius 2 is 1.90 bits per heavy atom. The number of benzene rings is 2. The molecule has 1 atom stereocenters. The Hall–Kier alpha value is -2.29. The Bertz CT molecular complexity index is 637. The minimum Gasteiger partial charge on any atom is -0.398 e. The van der Waals surface area contributed by atoms with Crippen LogP contribution < -0.4 is 5.73 Å². The van der Waals surface area contributed by atoms with Crippen LogP contribution in [0.3, 0.4) is 0 Å². The average molecular weight is 266 g/mol. The molecule has 2 aromatic carbocycles. The summed E-state index contributed by atoms with van der Waals surface area (Å²) in [4.78, 5) is 14.5. The number of nitrogens with zero attached hydrogens (tertiary/aromatic N) is 1. The van der Waals surface area contributed by atoms with Gasteiger partial charge in [-0.15, -0.1) is 0 Å². The average Bonchev–Trinajstić information content (AvgIpc) is 2.45. The summed E-state index contributed by atoms with van der Waals surface area (Å²) in [5.74, 6) is 0.356. The van der Waals surface area contributed by atoms with Gasteiger partial charge in [0.25, 0.3) is 5.91 Å². The topological polar surface area (TPSA) is 46.3 Å². The molecule has 1 unspecified atom stereocenters. The van der Waals surface area contributed by atoms with Crippen molar-refractivity contribution >= 4 is 11.6 Å². The summed E-state index contributed by atoms with van der Waals surface area (Å²) < 4.78 is 0. The van der Waals surface area contributed by atoms with Crippen molar-refractivity contribution in [1.29, 1.82) is 0 Å². The smallest absolute Gasteiger partial charge is 0.256 e. The molecule has 0 aromatic heterocycles. The largest absolute Gasteiger partial charge is 0.398 e. The summed E-state index contributed by atoms with van der Waals surface area (Å²) in [5, 5.41) is 0. The summed E-state index contributed by atoms with van der Waals surface area (Å²) in [7, 11) is 0. The molecule has 1 aliphatic heterocycles. The molecule has 3 nitrogen and oxygen atoms in total. The first-order valence-electron chi connectivity index (χ1n) is 6.88. The summed E-state index contributed by atoms with van der Waals surface area (Å²) in [6, 6.07) is 15.8. The Morgan fingerprint density at radius 1 is 1.15 bits per heavy atom. The van der Waals surface area contributed by atoms with Crippen LogP contribution in [-0.4, -0.2) is 17.4 Å². The van der Waals surface area contributed by atoms with E-state index in [-0.39, 0.29) is 5.91 Å². The third-order valence-electron chi connectivity index (χ3n) is 3.87. The van der Waals surface area contributed by atoms with Gasteiger partial charge in [-0.25, -0.2) is 0 Å². The minimum atomic E-state index is 0.0417. The van der Waals surface area contributed by atoms with Gasteiger partial charge in [-0.2, -0.15) is 0 Å². The summed E-state index contributed by atoms with van der Waals surface area (Å²) in [5.41, 5.74) is 9.48. The third-order valence-corrected chi connectivity index (χ3v) is 3.87. The number of amides is 1. The molecular weight excluding hydrogens is 248 g/mol. The van der Waals surface area contributed by atoms with Crippen LogP contribution >= 0.6 is 0 Å². The van der Waals surface area contributed by atoms with E-state index >= 15 is 0 Å². The van der Waals surface area contributed by atoms with Crippen LogP contribution in [-0.2, 0) is 6.54 Å². The lowest BCUT2D eigenvalue weighted by molar-refractivity contribution is 0.0713. The molecule has 1 aliphatic rings. The van der Waals surface area contributed by atoms with Gasteiger partial charge in [0.1, 0.15) is 0 Å². The van der Waals surface area contributed by atoms with Gasteiger partial charge in [-0.05, 0) is 23.1 Å². The van der Waals surface area contributed by atoms with E-state index in [1.807, 2.05) is 47.4 Å². The van der Waals surface area contributed by atoms with E-state index in [1.165, 1.54) is 0 Å². The van der Waals surface area contributed by atoms with Crippen molar-refractivity contribution in [1.82, 2.24) is 4.90 Å². The van der Waals surface area contributed by atoms with Crippen molar-refractivity contribution in [2.45, 2.75) is 19.4 Å². The Labute approximate surface area is 119 Å². The number of rotatable bonds is 2. The van der Waals surface area contributed by atoms with Gasteiger partial charge in [0, 0.05) is 18.8 Å². The van der Waals surface area contributed by atoms with Crippen molar-refractivity contribution in [3.05, 3.63) is 65.2 Å². The van der Waals surface area contributed by atoms with E-state index in [9.17, 15) is 4.79 Å². The second kappa shape index (κ2) is 5.00. The van der Waals surface area contributed by atoms with Crippen molar-refractivity contribution in [3.8, 4) is 0 Å². The SMILES string of the molecule is CC1CN(Cc2ccccc2)C(=O)c2c(N)cccc21. The normalized spacial score (nSPS) is 17.9. The van der Waals surface area contributed by atoms with Gasteiger partial charge in [0.2, 0.25) is 0 Å². The number of carbonyl (C=O) groups excluding carboxylic acids is 1. The van der Waals surface area contributed by atoms with Gasteiger partial charge in [-0.3, -0.25) is 4.79 Å². The lowest BCUT2D eigenvalue weighted by Gasteiger charge is -2.33. The maximum Gasteiger partial charge on any atom is 0.256 e. The molecule has 1 amide bonds. The first-order chi connectivity index (χ1) is 9.66. The van der Waals surface area contributed by atoms with E-state index in [0.717, 1.165) is 17.7 Å². The number of hydrogen-bond donors (Lipinski definition) is 1. The lowest BCUT2D eigenvalue weighted by atomic mass is 9.89. The van der Waals surface area contributed by atoms with Gasteiger partial charge >= 0.3 is 0 Å². The molecule has 0 bridgehead atoms. The molecular formula is C17H18N2O. The molecule has 3 rings (SSSR count). The maximum atomic E-state index is 12.6. The third kappa shape index (κ3) is 2.16. The molecule has 3 heteroatoms. The highest BCUT2D eigenvalue weighted by Crippen LogP contribution is 2.32. The lowest BCUT2D eigenvalue weighted by Crippen LogP contribution is -2.39. The van der Waals surface area contributed by atoms with E-state index in [2.05, 4.69) is 6.92 Å². The van der Waals surface area contributed by atoms with Gasteiger partial charge in [0.15, 0.2) is 0 Å². The molecule has 0 spiro atoms. The molecule has 20 heavy (non-hydrogen) atoms. The number of anilines is 1. The molecule has 2 N–H and O–H groups in total. The van der Waals surface area contributed by atoms with Crippen molar-refractivity contribution in [2.24, 2.45) is 0 Å². The first-order valence-corrected chi connectivity index (χ1v) is 6.88. The molecule has 0 saturated carbocycles. The Morgan fingerprint density at radius 3 is 2.65 bits per heavy atom. The number of nitrogens with two attached hydrogens (primary N) is 1. The number of hydrogen-bond acceptors (Lipinski definition) is 2. The molecule has 2 aromatic rings. The van der Waals surface area contributed by atoms with Crippen LogP contribution in [0.1, 0.15) is 34.3 Å². The predicted octanol–water partition coefficient (Wildman–Crippen LogP) is 3.03. The van der Waals surface area contributed by atoms with Crippen LogP contribution in [0.2, 0.25) is 0 Å². The van der Waals surface area contributed by atoms with Crippen LogP contribution in [0.5, 0.6) is 0 Å².